The highest BCUT2D eigenvalue weighted by Gasteiger charge is 2.30. The first-order valence-corrected chi connectivity index (χ1v) is 6.86. The zero-order valence-electron chi connectivity index (χ0n) is 12.2. The first-order chi connectivity index (χ1) is 9.50. The summed E-state index contributed by atoms with van der Waals surface area (Å²) < 4.78 is 0. The van der Waals surface area contributed by atoms with Crippen LogP contribution in [0.25, 0.3) is 0 Å². The van der Waals surface area contributed by atoms with Crippen LogP contribution in [0.2, 0.25) is 0 Å². The molecule has 2 rings (SSSR count). The van der Waals surface area contributed by atoms with E-state index in [1.807, 2.05) is 25.1 Å². The Morgan fingerprint density at radius 1 is 1.35 bits per heavy atom. The van der Waals surface area contributed by atoms with Gasteiger partial charge in [0.15, 0.2) is 0 Å². The fourth-order valence-electron chi connectivity index (χ4n) is 2.46. The van der Waals surface area contributed by atoms with Gasteiger partial charge in [0.1, 0.15) is 0 Å². The molecule has 0 aromatic heterocycles. The summed E-state index contributed by atoms with van der Waals surface area (Å²) in [6.45, 7) is 2.39. The fourth-order valence-corrected chi connectivity index (χ4v) is 2.46. The first-order valence-electron chi connectivity index (χ1n) is 6.86. The maximum Gasteiger partial charge on any atom is 0.322 e. The maximum atomic E-state index is 12.3. The monoisotopic (exact) mass is 275 g/mol. The molecule has 1 unspecified atom stereocenters. The minimum Gasteiger partial charge on any atom is -0.349 e. The molecule has 5 nitrogen and oxygen atoms in total. The molecular weight excluding hydrogens is 254 g/mol. The largest absolute Gasteiger partial charge is 0.349 e. The number of nitrogens with one attached hydrogen (secondary N) is 1. The van der Waals surface area contributed by atoms with E-state index in [1.165, 1.54) is 10.5 Å². The number of nitrogens with zero attached hydrogens (tertiary/aromatic N) is 2. The van der Waals surface area contributed by atoms with E-state index in [9.17, 15) is 9.59 Å². The van der Waals surface area contributed by atoms with Crippen LogP contribution in [0.4, 0.5) is 10.5 Å². The Balaban J connectivity index is 1.95. The average molecular weight is 275 g/mol. The van der Waals surface area contributed by atoms with Crippen LogP contribution in [0.5, 0.6) is 0 Å². The molecule has 1 atom stereocenters. The van der Waals surface area contributed by atoms with Crippen molar-refractivity contribution in [3.8, 4) is 0 Å². The summed E-state index contributed by atoms with van der Waals surface area (Å²) in [6.07, 6.45) is 1.20. The van der Waals surface area contributed by atoms with E-state index in [4.69, 9.17) is 0 Å². The Kier molecular flexibility index (Phi) is 4.27. The van der Waals surface area contributed by atoms with Crippen molar-refractivity contribution in [2.24, 2.45) is 0 Å². The molecule has 1 aliphatic rings. The van der Waals surface area contributed by atoms with Gasteiger partial charge in [-0.1, -0.05) is 18.2 Å². The van der Waals surface area contributed by atoms with Gasteiger partial charge in [0.05, 0.1) is 0 Å². The van der Waals surface area contributed by atoms with Gasteiger partial charge >= 0.3 is 6.03 Å². The quantitative estimate of drug-likeness (QED) is 0.911. The molecular formula is C15H21N3O2. The smallest absolute Gasteiger partial charge is 0.322 e. The molecule has 1 aliphatic heterocycles. The fraction of sp³-hybridized carbons (Fsp3) is 0.467. The second kappa shape index (κ2) is 5.94. The zero-order chi connectivity index (χ0) is 14.7. The van der Waals surface area contributed by atoms with Crippen molar-refractivity contribution in [1.29, 1.82) is 0 Å². The van der Waals surface area contributed by atoms with Crippen LogP contribution in [-0.4, -0.2) is 43.5 Å². The SMILES string of the molecule is CC1Cc2ccccc2N1C(=O)NCCC(=O)N(C)C. The van der Waals surface area contributed by atoms with Crippen LogP contribution in [0.15, 0.2) is 24.3 Å². The molecule has 0 spiro atoms. The Morgan fingerprint density at radius 2 is 2.05 bits per heavy atom. The van der Waals surface area contributed by atoms with Gasteiger partial charge in [-0.2, -0.15) is 0 Å². The lowest BCUT2D eigenvalue weighted by atomic mass is 10.1. The third-order valence-corrected chi connectivity index (χ3v) is 3.54. The number of para-hydroxylation sites is 1. The van der Waals surface area contributed by atoms with Crippen molar-refractivity contribution in [3.63, 3.8) is 0 Å². The standard InChI is InChI=1S/C15H21N3O2/c1-11-10-12-6-4-5-7-13(12)18(11)15(20)16-9-8-14(19)17(2)3/h4-7,11H,8-10H2,1-3H3,(H,16,20). The summed E-state index contributed by atoms with van der Waals surface area (Å²) in [5, 5.41) is 2.82. The predicted octanol–water partition coefficient (Wildman–Crippen LogP) is 1.63. The summed E-state index contributed by atoms with van der Waals surface area (Å²) in [5.74, 6) is 0.0140. The van der Waals surface area contributed by atoms with Crippen LogP contribution < -0.4 is 10.2 Å². The highest BCUT2D eigenvalue weighted by molar-refractivity contribution is 5.95. The van der Waals surface area contributed by atoms with E-state index in [1.54, 1.807) is 19.0 Å². The number of carbonyl (C=O) groups excluding carboxylic acids is 2. The van der Waals surface area contributed by atoms with Crippen molar-refractivity contribution >= 4 is 17.6 Å². The summed E-state index contributed by atoms with van der Waals surface area (Å²) >= 11 is 0. The van der Waals surface area contributed by atoms with Crippen molar-refractivity contribution in [2.45, 2.75) is 25.8 Å². The number of urea groups is 1. The van der Waals surface area contributed by atoms with E-state index in [0.717, 1.165) is 12.1 Å². The maximum absolute atomic E-state index is 12.3. The second-order valence-corrected chi connectivity index (χ2v) is 5.32. The van der Waals surface area contributed by atoms with Gasteiger partial charge in [-0.15, -0.1) is 0 Å². The third-order valence-electron chi connectivity index (χ3n) is 3.54. The van der Waals surface area contributed by atoms with E-state index in [2.05, 4.69) is 11.4 Å². The van der Waals surface area contributed by atoms with Crippen molar-refractivity contribution in [3.05, 3.63) is 29.8 Å². The van der Waals surface area contributed by atoms with Gasteiger partial charge in [-0.3, -0.25) is 9.69 Å². The Labute approximate surface area is 119 Å². The normalized spacial score (nSPS) is 16.8. The number of rotatable bonds is 3. The molecule has 0 radical (unpaired) electrons. The van der Waals surface area contributed by atoms with Crippen LogP contribution in [0, 0.1) is 0 Å². The Bertz CT molecular complexity index is 514. The lowest BCUT2D eigenvalue weighted by molar-refractivity contribution is -0.128. The molecule has 20 heavy (non-hydrogen) atoms. The number of fused-ring (bicyclic) bond motifs is 1. The molecule has 0 fully saturated rings. The molecule has 0 saturated carbocycles. The van der Waals surface area contributed by atoms with Crippen LogP contribution >= 0.6 is 0 Å². The van der Waals surface area contributed by atoms with Crippen molar-refractivity contribution in [2.75, 3.05) is 25.5 Å². The molecule has 1 N–H and O–H groups in total. The topological polar surface area (TPSA) is 52.7 Å². The predicted molar refractivity (Wildman–Crippen MR) is 78.8 cm³/mol. The Hall–Kier alpha value is -2.04. The van der Waals surface area contributed by atoms with E-state index >= 15 is 0 Å². The molecule has 0 saturated heterocycles. The molecule has 3 amide bonds. The lowest BCUT2D eigenvalue weighted by Crippen LogP contribution is -2.44. The van der Waals surface area contributed by atoms with Gasteiger partial charge in [0, 0.05) is 38.8 Å². The molecule has 1 heterocycles. The minimum absolute atomic E-state index is 0.0140. The molecule has 0 aliphatic carbocycles. The molecule has 1 aromatic rings. The van der Waals surface area contributed by atoms with E-state index < -0.39 is 0 Å². The van der Waals surface area contributed by atoms with Gasteiger partial charge < -0.3 is 10.2 Å². The van der Waals surface area contributed by atoms with Gasteiger partial charge in [-0.05, 0) is 25.0 Å². The number of hydrogen-bond acceptors (Lipinski definition) is 2. The summed E-state index contributed by atoms with van der Waals surface area (Å²) in [6, 6.07) is 7.96. The highest BCUT2D eigenvalue weighted by atomic mass is 16.2. The van der Waals surface area contributed by atoms with Crippen LogP contribution in [-0.2, 0) is 11.2 Å². The van der Waals surface area contributed by atoms with E-state index in [-0.39, 0.29) is 18.0 Å². The summed E-state index contributed by atoms with van der Waals surface area (Å²) in [7, 11) is 3.42. The second-order valence-electron chi connectivity index (χ2n) is 5.32. The van der Waals surface area contributed by atoms with E-state index in [0.29, 0.717) is 13.0 Å². The van der Waals surface area contributed by atoms with Gasteiger partial charge in [0.25, 0.3) is 0 Å². The number of carbonyl (C=O) groups is 2. The lowest BCUT2D eigenvalue weighted by Gasteiger charge is -2.23. The van der Waals surface area contributed by atoms with Gasteiger partial charge in [-0.25, -0.2) is 4.79 Å². The van der Waals surface area contributed by atoms with Gasteiger partial charge in [0.2, 0.25) is 5.91 Å². The number of hydrogen-bond donors (Lipinski definition) is 1. The first kappa shape index (κ1) is 14.4. The summed E-state index contributed by atoms with van der Waals surface area (Å²) in [4.78, 5) is 27.0. The minimum atomic E-state index is -0.131. The van der Waals surface area contributed by atoms with Crippen LogP contribution in [0.1, 0.15) is 18.9 Å². The number of benzene rings is 1. The van der Waals surface area contributed by atoms with Crippen LogP contribution in [0.3, 0.4) is 0 Å². The number of amides is 3. The average Bonchev–Trinajstić information content (AvgIpc) is 2.74. The molecule has 5 heteroatoms. The molecule has 108 valence electrons. The molecule has 0 bridgehead atoms. The third kappa shape index (κ3) is 2.92. The number of anilines is 1. The van der Waals surface area contributed by atoms with Crippen molar-refractivity contribution < 1.29 is 9.59 Å². The highest BCUT2D eigenvalue weighted by Crippen LogP contribution is 2.31. The molecule has 1 aromatic carbocycles. The summed E-state index contributed by atoms with van der Waals surface area (Å²) in [5.41, 5.74) is 2.16. The zero-order valence-corrected chi connectivity index (χ0v) is 12.2. The van der Waals surface area contributed by atoms with Crippen molar-refractivity contribution in [1.82, 2.24) is 10.2 Å². The Morgan fingerprint density at radius 3 is 2.75 bits per heavy atom.